The van der Waals surface area contributed by atoms with E-state index in [0.717, 1.165) is 22.7 Å². The van der Waals surface area contributed by atoms with Gasteiger partial charge in [-0.05, 0) is 56.3 Å². The van der Waals surface area contributed by atoms with E-state index in [1.54, 1.807) is 7.11 Å². The van der Waals surface area contributed by atoms with Gasteiger partial charge in [0.2, 0.25) is 0 Å². The zero-order valence-electron chi connectivity index (χ0n) is 12.5. The molecule has 2 rings (SSSR count). The number of nitrogens with one attached hydrogen (secondary N) is 1. The summed E-state index contributed by atoms with van der Waals surface area (Å²) in [4.78, 5) is 0. The van der Waals surface area contributed by atoms with Crippen LogP contribution in [0.3, 0.4) is 0 Å². The fourth-order valence-electron chi connectivity index (χ4n) is 1.96. The van der Waals surface area contributed by atoms with E-state index in [4.69, 9.17) is 21.1 Å². The molecule has 0 saturated heterocycles. The van der Waals surface area contributed by atoms with E-state index >= 15 is 0 Å². The Bertz CT molecular complexity index is 582. The lowest BCUT2D eigenvalue weighted by Crippen LogP contribution is -2.09. The first-order chi connectivity index (χ1) is 10.1. The second kappa shape index (κ2) is 7.23. The van der Waals surface area contributed by atoms with Crippen LogP contribution in [-0.2, 0) is 6.54 Å². The highest BCUT2D eigenvalue weighted by molar-refractivity contribution is 6.30. The van der Waals surface area contributed by atoms with Crippen LogP contribution in [0.25, 0.3) is 0 Å². The summed E-state index contributed by atoms with van der Waals surface area (Å²) in [6.45, 7) is 4.67. The van der Waals surface area contributed by atoms with E-state index in [-0.39, 0.29) is 6.10 Å². The molecule has 0 saturated carbocycles. The van der Waals surface area contributed by atoms with Crippen molar-refractivity contribution in [2.24, 2.45) is 0 Å². The third-order valence-corrected chi connectivity index (χ3v) is 3.19. The molecule has 0 amide bonds. The fraction of sp³-hybridized carbons (Fsp3) is 0.294. The topological polar surface area (TPSA) is 30.5 Å². The van der Waals surface area contributed by atoms with E-state index in [1.165, 1.54) is 0 Å². The molecular weight excluding hydrogens is 286 g/mol. The summed E-state index contributed by atoms with van der Waals surface area (Å²) < 4.78 is 11.0. The van der Waals surface area contributed by atoms with Gasteiger partial charge in [0.05, 0.1) is 13.2 Å². The normalized spacial score (nSPS) is 10.5. The number of benzene rings is 2. The Balaban J connectivity index is 2.08. The highest BCUT2D eigenvalue weighted by Gasteiger charge is 2.07. The molecule has 4 heteroatoms. The van der Waals surface area contributed by atoms with Crippen LogP contribution in [0.2, 0.25) is 5.02 Å². The third kappa shape index (κ3) is 4.57. The molecule has 0 heterocycles. The van der Waals surface area contributed by atoms with E-state index in [0.29, 0.717) is 11.6 Å². The molecule has 1 N–H and O–H groups in total. The monoisotopic (exact) mass is 305 g/mol. The number of hydrogen-bond acceptors (Lipinski definition) is 3. The molecule has 0 aliphatic carbocycles. The van der Waals surface area contributed by atoms with Crippen molar-refractivity contribution in [3.63, 3.8) is 0 Å². The molecule has 0 aliphatic rings. The maximum absolute atomic E-state index is 6.07. The summed E-state index contributed by atoms with van der Waals surface area (Å²) in [5.74, 6) is 1.70. The van der Waals surface area contributed by atoms with Gasteiger partial charge in [-0.25, -0.2) is 0 Å². The van der Waals surface area contributed by atoms with Crippen LogP contribution in [0.5, 0.6) is 11.5 Å². The average Bonchev–Trinajstić information content (AvgIpc) is 2.47. The summed E-state index contributed by atoms with van der Waals surface area (Å²) in [7, 11) is 1.66. The number of rotatable bonds is 6. The number of anilines is 1. The molecular formula is C17H20ClNO2. The van der Waals surface area contributed by atoms with Crippen molar-refractivity contribution < 1.29 is 9.47 Å². The fourth-order valence-corrected chi connectivity index (χ4v) is 2.16. The third-order valence-electron chi connectivity index (χ3n) is 2.96. The summed E-state index contributed by atoms with van der Waals surface area (Å²) >= 11 is 6.07. The Hall–Kier alpha value is -1.87. The van der Waals surface area contributed by atoms with Crippen molar-refractivity contribution in [2.45, 2.75) is 26.5 Å². The Morgan fingerprint density at radius 3 is 2.43 bits per heavy atom. The minimum Gasteiger partial charge on any atom is -0.497 e. The molecule has 0 spiro atoms. The molecule has 21 heavy (non-hydrogen) atoms. The SMILES string of the molecule is COc1ccc(NCc2cc(Cl)ccc2OC(C)C)cc1. The van der Waals surface area contributed by atoms with Crippen molar-refractivity contribution in [3.8, 4) is 11.5 Å². The molecule has 2 aromatic carbocycles. The summed E-state index contributed by atoms with van der Waals surface area (Å²) in [6.07, 6.45) is 0.130. The van der Waals surface area contributed by atoms with Gasteiger partial charge in [-0.15, -0.1) is 0 Å². The summed E-state index contributed by atoms with van der Waals surface area (Å²) in [5, 5.41) is 4.07. The Labute approximate surface area is 130 Å². The standard InChI is InChI=1S/C17H20ClNO2/c1-12(2)21-17-9-4-14(18)10-13(17)11-19-15-5-7-16(20-3)8-6-15/h4-10,12,19H,11H2,1-3H3. The van der Waals surface area contributed by atoms with Crippen molar-refractivity contribution in [2.75, 3.05) is 12.4 Å². The van der Waals surface area contributed by atoms with Gasteiger partial charge in [0, 0.05) is 22.8 Å². The van der Waals surface area contributed by atoms with Crippen LogP contribution in [0.15, 0.2) is 42.5 Å². The first kappa shape index (κ1) is 15.5. The molecule has 0 bridgehead atoms. The van der Waals surface area contributed by atoms with Crippen LogP contribution >= 0.6 is 11.6 Å². The minimum absolute atomic E-state index is 0.130. The Morgan fingerprint density at radius 2 is 1.81 bits per heavy atom. The second-order valence-electron chi connectivity index (χ2n) is 5.00. The van der Waals surface area contributed by atoms with Crippen LogP contribution in [0.4, 0.5) is 5.69 Å². The zero-order valence-corrected chi connectivity index (χ0v) is 13.3. The molecule has 0 unspecified atom stereocenters. The van der Waals surface area contributed by atoms with Crippen LogP contribution in [0, 0.1) is 0 Å². The first-order valence-corrected chi connectivity index (χ1v) is 7.29. The lowest BCUT2D eigenvalue weighted by molar-refractivity contribution is 0.240. The van der Waals surface area contributed by atoms with Crippen molar-refractivity contribution in [1.29, 1.82) is 0 Å². The largest absolute Gasteiger partial charge is 0.497 e. The van der Waals surface area contributed by atoms with Gasteiger partial charge in [0.25, 0.3) is 0 Å². The molecule has 0 fully saturated rings. The molecule has 0 aliphatic heterocycles. The van der Waals surface area contributed by atoms with Gasteiger partial charge in [-0.3, -0.25) is 0 Å². The number of ether oxygens (including phenoxy) is 2. The van der Waals surface area contributed by atoms with Gasteiger partial charge in [-0.1, -0.05) is 11.6 Å². The van der Waals surface area contributed by atoms with Crippen LogP contribution < -0.4 is 14.8 Å². The maximum Gasteiger partial charge on any atom is 0.124 e. The van der Waals surface area contributed by atoms with Crippen LogP contribution in [-0.4, -0.2) is 13.2 Å². The van der Waals surface area contributed by atoms with Gasteiger partial charge >= 0.3 is 0 Å². The Morgan fingerprint density at radius 1 is 1.10 bits per heavy atom. The number of methoxy groups -OCH3 is 1. The lowest BCUT2D eigenvalue weighted by atomic mass is 10.2. The zero-order chi connectivity index (χ0) is 15.2. The van der Waals surface area contributed by atoms with Gasteiger partial charge in [0.1, 0.15) is 11.5 Å². The van der Waals surface area contributed by atoms with Crippen molar-refractivity contribution in [1.82, 2.24) is 0 Å². The highest BCUT2D eigenvalue weighted by atomic mass is 35.5. The molecule has 0 radical (unpaired) electrons. The van der Waals surface area contributed by atoms with Crippen LogP contribution in [0.1, 0.15) is 19.4 Å². The second-order valence-corrected chi connectivity index (χ2v) is 5.44. The molecule has 112 valence electrons. The predicted molar refractivity (Wildman–Crippen MR) is 87.5 cm³/mol. The number of halogens is 1. The Kier molecular flexibility index (Phi) is 5.34. The molecule has 0 aromatic heterocycles. The molecule has 2 aromatic rings. The van der Waals surface area contributed by atoms with Gasteiger partial charge < -0.3 is 14.8 Å². The number of hydrogen-bond donors (Lipinski definition) is 1. The van der Waals surface area contributed by atoms with Gasteiger partial charge in [0.15, 0.2) is 0 Å². The maximum atomic E-state index is 6.07. The summed E-state index contributed by atoms with van der Waals surface area (Å²) in [5.41, 5.74) is 2.05. The lowest BCUT2D eigenvalue weighted by Gasteiger charge is -2.15. The van der Waals surface area contributed by atoms with E-state index in [9.17, 15) is 0 Å². The summed E-state index contributed by atoms with van der Waals surface area (Å²) in [6, 6.07) is 13.5. The predicted octanol–water partition coefficient (Wildman–Crippen LogP) is 4.75. The van der Waals surface area contributed by atoms with E-state index in [1.807, 2.05) is 56.3 Å². The average molecular weight is 306 g/mol. The smallest absolute Gasteiger partial charge is 0.124 e. The van der Waals surface area contributed by atoms with Crippen molar-refractivity contribution in [3.05, 3.63) is 53.1 Å². The minimum atomic E-state index is 0.130. The van der Waals surface area contributed by atoms with E-state index in [2.05, 4.69) is 5.32 Å². The molecule has 0 atom stereocenters. The highest BCUT2D eigenvalue weighted by Crippen LogP contribution is 2.25. The first-order valence-electron chi connectivity index (χ1n) is 6.91. The molecule has 3 nitrogen and oxygen atoms in total. The van der Waals surface area contributed by atoms with Crippen molar-refractivity contribution >= 4 is 17.3 Å². The van der Waals surface area contributed by atoms with Gasteiger partial charge in [-0.2, -0.15) is 0 Å². The quantitative estimate of drug-likeness (QED) is 0.835. The van der Waals surface area contributed by atoms with E-state index < -0.39 is 0 Å².